The zero-order valence-electron chi connectivity index (χ0n) is 14.3. The molecule has 0 radical (unpaired) electrons. The van der Waals surface area contributed by atoms with Crippen molar-refractivity contribution >= 4 is 16.5 Å². The van der Waals surface area contributed by atoms with Crippen molar-refractivity contribution in [1.82, 2.24) is 10.3 Å². The Kier molecular flexibility index (Phi) is 5.67. The molecule has 1 aromatic rings. The van der Waals surface area contributed by atoms with Gasteiger partial charge < -0.3 is 10.2 Å². The number of anilines is 1. The highest BCUT2D eigenvalue weighted by atomic mass is 32.1. The molecule has 1 aliphatic heterocycles. The molecule has 3 nitrogen and oxygen atoms in total. The lowest BCUT2D eigenvalue weighted by Crippen LogP contribution is -2.35. The van der Waals surface area contributed by atoms with Crippen LogP contribution in [0.15, 0.2) is 0 Å². The number of hydrogen-bond donors (Lipinski definition) is 1. The summed E-state index contributed by atoms with van der Waals surface area (Å²) < 4.78 is 0. The first-order chi connectivity index (χ1) is 9.90. The second kappa shape index (κ2) is 7.10. The normalized spacial score (nSPS) is 18.0. The number of piperidine rings is 1. The zero-order chi connectivity index (χ0) is 15.5. The van der Waals surface area contributed by atoms with Crippen LogP contribution in [-0.4, -0.2) is 23.6 Å². The average molecular weight is 310 g/mol. The van der Waals surface area contributed by atoms with E-state index in [9.17, 15) is 0 Å². The minimum atomic E-state index is 0.155. The Morgan fingerprint density at radius 3 is 2.48 bits per heavy atom. The van der Waals surface area contributed by atoms with Crippen molar-refractivity contribution in [2.75, 3.05) is 18.0 Å². The topological polar surface area (TPSA) is 28.2 Å². The van der Waals surface area contributed by atoms with E-state index in [1.165, 1.54) is 48.1 Å². The van der Waals surface area contributed by atoms with Gasteiger partial charge in [0.1, 0.15) is 0 Å². The molecule has 1 fully saturated rings. The van der Waals surface area contributed by atoms with Crippen molar-refractivity contribution in [2.45, 2.75) is 78.3 Å². The molecule has 120 valence electrons. The van der Waals surface area contributed by atoms with E-state index in [2.05, 4.69) is 44.8 Å². The van der Waals surface area contributed by atoms with Gasteiger partial charge in [-0.15, -0.1) is 11.3 Å². The summed E-state index contributed by atoms with van der Waals surface area (Å²) in [5.41, 5.74) is 1.47. The highest BCUT2D eigenvalue weighted by Crippen LogP contribution is 2.33. The molecule has 0 saturated carbocycles. The Labute approximate surface area is 134 Å². The van der Waals surface area contributed by atoms with Crippen LogP contribution in [-0.2, 0) is 6.54 Å². The lowest BCUT2D eigenvalue weighted by molar-refractivity contribution is 0.424. The second-order valence-corrected chi connectivity index (χ2v) is 8.33. The van der Waals surface area contributed by atoms with E-state index in [1.54, 1.807) is 0 Å². The summed E-state index contributed by atoms with van der Waals surface area (Å²) in [5.74, 6) is 0.552. The van der Waals surface area contributed by atoms with Gasteiger partial charge in [0, 0.05) is 30.1 Å². The van der Waals surface area contributed by atoms with E-state index in [-0.39, 0.29) is 5.54 Å². The van der Waals surface area contributed by atoms with E-state index in [0.717, 1.165) is 13.0 Å². The van der Waals surface area contributed by atoms with Crippen molar-refractivity contribution in [1.29, 1.82) is 0 Å². The summed E-state index contributed by atoms with van der Waals surface area (Å²) in [6, 6.07) is 0. The average Bonchev–Trinajstić information content (AvgIpc) is 2.89. The van der Waals surface area contributed by atoms with Gasteiger partial charge in [-0.1, -0.05) is 13.8 Å². The molecule has 0 bridgehead atoms. The van der Waals surface area contributed by atoms with Crippen molar-refractivity contribution in [3.05, 3.63) is 10.6 Å². The summed E-state index contributed by atoms with van der Waals surface area (Å²) in [5, 5.41) is 4.87. The fourth-order valence-electron chi connectivity index (χ4n) is 2.62. The van der Waals surface area contributed by atoms with Gasteiger partial charge in [0.25, 0.3) is 0 Å². The Balaban J connectivity index is 2.17. The molecule has 2 heterocycles. The molecule has 4 heteroatoms. The maximum Gasteiger partial charge on any atom is 0.185 e. The van der Waals surface area contributed by atoms with Gasteiger partial charge in [-0.25, -0.2) is 4.98 Å². The molecule has 1 N–H and O–H groups in total. The highest BCUT2D eigenvalue weighted by Gasteiger charge is 2.21. The third-order valence-corrected chi connectivity index (χ3v) is 5.33. The number of rotatable bonds is 5. The molecule has 0 aliphatic carbocycles. The molecule has 1 atom stereocenters. The van der Waals surface area contributed by atoms with Gasteiger partial charge in [0.15, 0.2) is 5.13 Å². The van der Waals surface area contributed by atoms with Gasteiger partial charge in [0.05, 0.1) is 5.69 Å². The number of hydrogen-bond acceptors (Lipinski definition) is 4. The van der Waals surface area contributed by atoms with Crippen LogP contribution in [0.25, 0.3) is 0 Å². The van der Waals surface area contributed by atoms with E-state index in [1.807, 2.05) is 11.3 Å². The van der Waals surface area contributed by atoms with Crippen molar-refractivity contribution < 1.29 is 0 Å². The van der Waals surface area contributed by atoms with E-state index in [4.69, 9.17) is 4.98 Å². The third kappa shape index (κ3) is 4.68. The molecule has 1 saturated heterocycles. The first-order valence-corrected chi connectivity index (χ1v) is 9.22. The molecule has 0 aromatic carbocycles. The Bertz CT molecular complexity index is 441. The Hall–Kier alpha value is -0.610. The number of nitrogens with one attached hydrogen (secondary N) is 1. The summed E-state index contributed by atoms with van der Waals surface area (Å²) >= 11 is 1.90. The van der Waals surface area contributed by atoms with Gasteiger partial charge in [-0.2, -0.15) is 0 Å². The molecule has 1 unspecified atom stereocenters. The molecule has 0 amide bonds. The van der Waals surface area contributed by atoms with Crippen LogP contribution in [0.1, 0.15) is 76.8 Å². The van der Waals surface area contributed by atoms with Gasteiger partial charge in [0.2, 0.25) is 0 Å². The quantitative estimate of drug-likeness (QED) is 0.866. The predicted octanol–water partition coefficient (Wildman–Crippen LogP) is 4.54. The first-order valence-electron chi connectivity index (χ1n) is 8.40. The van der Waals surface area contributed by atoms with Crippen LogP contribution in [0.2, 0.25) is 0 Å². The fraction of sp³-hybridized carbons (Fsp3) is 0.824. The minimum Gasteiger partial charge on any atom is -0.348 e. The Morgan fingerprint density at radius 2 is 1.90 bits per heavy atom. The van der Waals surface area contributed by atoms with Crippen molar-refractivity contribution in [2.24, 2.45) is 0 Å². The predicted molar refractivity (Wildman–Crippen MR) is 93.5 cm³/mol. The van der Waals surface area contributed by atoms with Gasteiger partial charge in [-0.3, -0.25) is 0 Å². The number of thiazole rings is 1. The highest BCUT2D eigenvalue weighted by molar-refractivity contribution is 7.15. The van der Waals surface area contributed by atoms with E-state index < -0.39 is 0 Å². The lowest BCUT2D eigenvalue weighted by Gasteiger charge is -2.26. The largest absolute Gasteiger partial charge is 0.348 e. The van der Waals surface area contributed by atoms with Crippen LogP contribution in [0, 0.1) is 0 Å². The summed E-state index contributed by atoms with van der Waals surface area (Å²) in [4.78, 5) is 8.93. The van der Waals surface area contributed by atoms with Crippen LogP contribution in [0.3, 0.4) is 0 Å². The first kappa shape index (κ1) is 16.8. The molecule has 0 spiro atoms. The van der Waals surface area contributed by atoms with Crippen LogP contribution < -0.4 is 10.2 Å². The van der Waals surface area contributed by atoms with Crippen LogP contribution in [0.4, 0.5) is 5.13 Å². The minimum absolute atomic E-state index is 0.155. The molecule has 1 aliphatic rings. The summed E-state index contributed by atoms with van der Waals surface area (Å²) in [6.45, 7) is 14.5. The van der Waals surface area contributed by atoms with Crippen molar-refractivity contribution in [3.8, 4) is 0 Å². The zero-order valence-corrected chi connectivity index (χ0v) is 15.1. The number of aromatic nitrogens is 1. The molecule has 2 rings (SSSR count). The SMILES string of the molecule is CCC(C)c1nc(N2CCCCC2)sc1CNC(C)(C)C. The molecule has 1 aromatic heterocycles. The summed E-state index contributed by atoms with van der Waals surface area (Å²) in [6.07, 6.45) is 5.16. The smallest absolute Gasteiger partial charge is 0.185 e. The fourth-order valence-corrected chi connectivity index (χ4v) is 3.79. The van der Waals surface area contributed by atoms with E-state index in [0.29, 0.717) is 5.92 Å². The monoisotopic (exact) mass is 309 g/mol. The van der Waals surface area contributed by atoms with Crippen LogP contribution in [0.5, 0.6) is 0 Å². The molecule has 21 heavy (non-hydrogen) atoms. The van der Waals surface area contributed by atoms with Gasteiger partial charge >= 0.3 is 0 Å². The molecular weight excluding hydrogens is 278 g/mol. The second-order valence-electron chi connectivity index (χ2n) is 7.27. The maximum atomic E-state index is 5.01. The summed E-state index contributed by atoms with van der Waals surface area (Å²) in [7, 11) is 0. The lowest BCUT2D eigenvalue weighted by atomic mass is 10.0. The molecular formula is C17H31N3S. The Morgan fingerprint density at radius 1 is 1.24 bits per heavy atom. The number of nitrogens with zero attached hydrogens (tertiary/aromatic N) is 2. The van der Waals surface area contributed by atoms with Gasteiger partial charge in [-0.05, 0) is 52.4 Å². The van der Waals surface area contributed by atoms with E-state index >= 15 is 0 Å². The van der Waals surface area contributed by atoms with Crippen molar-refractivity contribution in [3.63, 3.8) is 0 Å². The maximum absolute atomic E-state index is 5.01. The standard InChI is InChI=1S/C17H31N3S/c1-6-13(2)15-14(12-18-17(3,4)5)21-16(19-15)20-10-8-7-9-11-20/h13,18H,6-12H2,1-5H3. The third-order valence-electron chi connectivity index (χ3n) is 4.20. The van der Waals surface area contributed by atoms with Crippen LogP contribution >= 0.6 is 11.3 Å².